The average molecular weight is 447 g/mol. The van der Waals surface area contributed by atoms with Crippen molar-refractivity contribution in [3.05, 3.63) is 34.9 Å². The van der Waals surface area contributed by atoms with Gasteiger partial charge in [-0.15, -0.1) is 0 Å². The van der Waals surface area contributed by atoms with Crippen LogP contribution in [0, 0.1) is 5.92 Å². The average Bonchev–Trinajstić information content (AvgIpc) is 2.59. The fraction of sp³-hybridized carbons (Fsp3) is 0.636. The van der Waals surface area contributed by atoms with E-state index in [1.54, 1.807) is 0 Å². The van der Waals surface area contributed by atoms with E-state index < -0.39 is 21.2 Å². The first-order valence-electron chi connectivity index (χ1n) is 10.4. The molecular weight excluding hydrogens is 417 g/mol. The normalized spacial score (nSPS) is 23.1. The molecule has 1 aliphatic heterocycles. The third-order valence-electron chi connectivity index (χ3n) is 6.06. The van der Waals surface area contributed by atoms with E-state index in [0.29, 0.717) is 23.3 Å². The van der Waals surface area contributed by atoms with Crippen molar-refractivity contribution in [3.63, 3.8) is 0 Å². The number of benzene rings is 1. The van der Waals surface area contributed by atoms with Crippen molar-refractivity contribution in [2.24, 2.45) is 5.92 Å². The Morgan fingerprint density at radius 2 is 1.93 bits per heavy atom. The minimum absolute atomic E-state index is 0.00980. The van der Waals surface area contributed by atoms with Crippen LogP contribution in [0.15, 0.2) is 23.8 Å². The van der Waals surface area contributed by atoms with E-state index in [0.717, 1.165) is 37.7 Å². The molecule has 0 unspecified atom stereocenters. The Morgan fingerprint density at radius 1 is 1.23 bits per heavy atom. The Bertz CT molecular complexity index is 932. The van der Waals surface area contributed by atoms with E-state index in [9.17, 15) is 21.6 Å². The van der Waals surface area contributed by atoms with Gasteiger partial charge in [0.15, 0.2) is 5.75 Å². The first kappa shape index (κ1) is 23.0. The lowest BCUT2D eigenvalue weighted by atomic mass is 9.68. The summed E-state index contributed by atoms with van der Waals surface area (Å²) in [6.45, 7) is 7.98. The first-order valence-corrected chi connectivity index (χ1v) is 11.8. The van der Waals surface area contributed by atoms with Crippen LogP contribution < -0.4 is 8.92 Å². The van der Waals surface area contributed by atoms with Crippen LogP contribution in [0.2, 0.25) is 0 Å². The fourth-order valence-corrected chi connectivity index (χ4v) is 4.99. The van der Waals surface area contributed by atoms with Crippen LogP contribution in [0.4, 0.5) is 13.2 Å². The molecule has 0 amide bonds. The van der Waals surface area contributed by atoms with Gasteiger partial charge in [0.2, 0.25) is 0 Å². The molecule has 2 aliphatic rings. The number of ether oxygens (including phenoxy) is 1. The maximum Gasteiger partial charge on any atom is 0.534 e. The van der Waals surface area contributed by atoms with Crippen molar-refractivity contribution < 1.29 is 30.5 Å². The van der Waals surface area contributed by atoms with Gasteiger partial charge >= 0.3 is 15.6 Å². The minimum atomic E-state index is -5.78. The molecule has 0 fully saturated rings. The second kappa shape index (κ2) is 8.09. The van der Waals surface area contributed by atoms with Gasteiger partial charge in [0.25, 0.3) is 0 Å². The highest BCUT2D eigenvalue weighted by Crippen LogP contribution is 2.54. The fourth-order valence-electron chi connectivity index (χ4n) is 4.52. The molecule has 0 spiro atoms. The molecule has 2 atom stereocenters. The zero-order valence-corrected chi connectivity index (χ0v) is 18.6. The topological polar surface area (TPSA) is 52.6 Å². The highest BCUT2D eigenvalue weighted by Gasteiger charge is 2.50. The van der Waals surface area contributed by atoms with Crippen LogP contribution in [0.5, 0.6) is 11.5 Å². The Hall–Kier alpha value is -1.70. The monoisotopic (exact) mass is 446 g/mol. The van der Waals surface area contributed by atoms with Gasteiger partial charge in [0, 0.05) is 17.4 Å². The van der Waals surface area contributed by atoms with E-state index in [4.69, 9.17) is 8.92 Å². The Labute approximate surface area is 176 Å². The van der Waals surface area contributed by atoms with Gasteiger partial charge in [-0.2, -0.15) is 21.6 Å². The van der Waals surface area contributed by atoms with Gasteiger partial charge in [-0.25, -0.2) is 0 Å². The smallest absolute Gasteiger partial charge is 0.487 e. The Balaban J connectivity index is 2.15. The minimum Gasteiger partial charge on any atom is -0.487 e. The lowest BCUT2D eigenvalue weighted by Crippen LogP contribution is -2.45. The summed E-state index contributed by atoms with van der Waals surface area (Å²) in [5.74, 6) is -0.113. The lowest BCUT2D eigenvalue weighted by molar-refractivity contribution is -0.0501. The van der Waals surface area contributed by atoms with Gasteiger partial charge in [-0.1, -0.05) is 31.4 Å². The van der Waals surface area contributed by atoms with Crippen molar-refractivity contribution in [1.29, 1.82) is 0 Å². The van der Waals surface area contributed by atoms with Crippen molar-refractivity contribution >= 4 is 10.1 Å². The molecule has 168 valence electrons. The van der Waals surface area contributed by atoms with Gasteiger partial charge < -0.3 is 8.92 Å². The van der Waals surface area contributed by atoms with Crippen LogP contribution in [-0.4, -0.2) is 19.5 Å². The maximum atomic E-state index is 13.1. The predicted octanol–water partition coefficient (Wildman–Crippen LogP) is 6.26. The van der Waals surface area contributed by atoms with Crippen molar-refractivity contribution in [1.82, 2.24) is 0 Å². The molecule has 30 heavy (non-hydrogen) atoms. The lowest BCUT2D eigenvalue weighted by Gasteiger charge is -2.46. The summed E-state index contributed by atoms with van der Waals surface area (Å²) in [6.07, 6.45) is 7.10. The molecule has 0 bridgehead atoms. The molecule has 0 saturated carbocycles. The van der Waals surface area contributed by atoms with Crippen LogP contribution in [0.25, 0.3) is 0 Å². The molecule has 1 heterocycles. The first-order chi connectivity index (χ1) is 13.9. The molecule has 3 rings (SSSR count). The zero-order valence-electron chi connectivity index (χ0n) is 17.8. The van der Waals surface area contributed by atoms with E-state index in [-0.39, 0.29) is 17.6 Å². The highest BCUT2D eigenvalue weighted by molar-refractivity contribution is 7.88. The molecule has 0 saturated heterocycles. The van der Waals surface area contributed by atoms with Crippen LogP contribution >= 0.6 is 0 Å². The highest BCUT2D eigenvalue weighted by atomic mass is 32.2. The quantitative estimate of drug-likeness (QED) is 0.224. The van der Waals surface area contributed by atoms with Gasteiger partial charge in [-0.05, 0) is 64.2 Å². The second-order valence-corrected chi connectivity index (χ2v) is 10.4. The van der Waals surface area contributed by atoms with Crippen LogP contribution in [0.3, 0.4) is 0 Å². The zero-order chi connectivity index (χ0) is 22.3. The summed E-state index contributed by atoms with van der Waals surface area (Å²) < 4.78 is 73.8. The van der Waals surface area contributed by atoms with E-state index in [1.165, 1.54) is 6.07 Å². The molecule has 1 aromatic rings. The third-order valence-corrected chi connectivity index (χ3v) is 7.03. The molecule has 8 heteroatoms. The predicted molar refractivity (Wildman–Crippen MR) is 109 cm³/mol. The third kappa shape index (κ3) is 4.48. The molecule has 1 aromatic carbocycles. The van der Waals surface area contributed by atoms with E-state index >= 15 is 0 Å². The maximum absolute atomic E-state index is 13.1. The number of aryl methyl sites for hydroxylation is 1. The number of allylic oxidation sites excluding steroid dienone is 2. The van der Waals surface area contributed by atoms with Crippen molar-refractivity contribution in [2.75, 3.05) is 0 Å². The number of rotatable bonds is 6. The number of unbranched alkanes of at least 4 members (excludes halogenated alkanes) is 2. The van der Waals surface area contributed by atoms with Crippen LogP contribution in [-0.2, 0) is 16.5 Å². The Kier molecular flexibility index (Phi) is 6.20. The summed E-state index contributed by atoms with van der Waals surface area (Å²) in [7, 11) is -5.78. The van der Waals surface area contributed by atoms with E-state index in [1.807, 2.05) is 32.9 Å². The number of hydrogen-bond acceptors (Lipinski definition) is 4. The van der Waals surface area contributed by atoms with Gasteiger partial charge in [-0.3, -0.25) is 0 Å². The van der Waals surface area contributed by atoms with E-state index in [2.05, 4.69) is 6.92 Å². The van der Waals surface area contributed by atoms with Gasteiger partial charge in [0.1, 0.15) is 11.4 Å². The molecule has 0 aromatic heterocycles. The Morgan fingerprint density at radius 3 is 2.57 bits per heavy atom. The SMILES string of the molecule is CCCCCc1cc2c(c(OS(=O)(=O)C(F)(F)F)c1)[C@@H]1C=C(C)CC[C@H]1C(C)(C)O2. The summed E-state index contributed by atoms with van der Waals surface area (Å²) in [5.41, 5.74) is -3.80. The van der Waals surface area contributed by atoms with Crippen molar-refractivity contribution in [2.45, 2.75) is 83.2 Å². The standard InChI is InChI=1S/C22H29F3O4S/c1-5-6-7-8-15-12-18-20(19(13-15)29-30(26,27)22(23,24)25)16-11-14(2)9-10-17(16)21(3,4)28-18/h11-13,16-17H,5-10H2,1-4H3/t16-,17-/m1/s1. The van der Waals surface area contributed by atoms with Crippen LogP contribution in [0.1, 0.15) is 76.8 Å². The number of halogens is 3. The largest absolute Gasteiger partial charge is 0.534 e. The molecular formula is C22H29F3O4S. The summed E-state index contributed by atoms with van der Waals surface area (Å²) in [4.78, 5) is 0. The summed E-state index contributed by atoms with van der Waals surface area (Å²) in [5, 5.41) is 0. The number of alkyl halides is 3. The number of hydrogen-bond donors (Lipinski definition) is 0. The molecule has 4 nitrogen and oxygen atoms in total. The molecule has 1 aliphatic carbocycles. The summed E-state index contributed by atoms with van der Waals surface area (Å²) in [6, 6.07) is 3.27. The summed E-state index contributed by atoms with van der Waals surface area (Å²) >= 11 is 0. The van der Waals surface area contributed by atoms with Crippen molar-refractivity contribution in [3.8, 4) is 11.5 Å². The molecule has 0 N–H and O–H groups in total. The molecule has 0 radical (unpaired) electrons. The second-order valence-electron chi connectivity index (χ2n) is 8.84. The number of fused-ring (bicyclic) bond motifs is 3. The van der Waals surface area contributed by atoms with Gasteiger partial charge in [0.05, 0.1) is 0 Å².